The highest BCUT2D eigenvalue weighted by Crippen LogP contribution is 2.34. The SMILES string of the molecule is CCCNC1CCC(Cc2cc(F)cc(F)c2)C1C. The van der Waals surface area contributed by atoms with Crippen LogP contribution in [0.4, 0.5) is 8.78 Å². The number of nitrogens with one attached hydrogen (secondary N) is 1. The van der Waals surface area contributed by atoms with Crippen LogP contribution in [-0.2, 0) is 6.42 Å². The summed E-state index contributed by atoms with van der Waals surface area (Å²) in [5.41, 5.74) is 0.783. The standard InChI is InChI=1S/C16H23F2N/c1-3-6-19-16-5-4-13(11(16)2)7-12-8-14(17)10-15(18)9-12/h8-11,13,16,19H,3-7H2,1-2H3. The topological polar surface area (TPSA) is 12.0 Å². The maximum Gasteiger partial charge on any atom is 0.126 e. The van der Waals surface area contributed by atoms with Crippen molar-refractivity contribution in [2.75, 3.05) is 6.54 Å². The van der Waals surface area contributed by atoms with Crippen molar-refractivity contribution in [1.82, 2.24) is 5.32 Å². The van der Waals surface area contributed by atoms with E-state index in [-0.39, 0.29) is 0 Å². The lowest BCUT2D eigenvalue weighted by Gasteiger charge is -2.22. The largest absolute Gasteiger partial charge is 0.314 e. The third kappa shape index (κ3) is 3.75. The fourth-order valence-electron chi connectivity index (χ4n) is 3.19. The molecule has 1 N–H and O–H groups in total. The molecule has 1 aliphatic rings. The zero-order chi connectivity index (χ0) is 13.8. The molecule has 0 radical (unpaired) electrons. The summed E-state index contributed by atoms with van der Waals surface area (Å²) < 4.78 is 26.4. The molecule has 0 spiro atoms. The molecule has 0 bridgehead atoms. The molecule has 0 aromatic heterocycles. The van der Waals surface area contributed by atoms with Gasteiger partial charge in [-0.25, -0.2) is 8.78 Å². The van der Waals surface area contributed by atoms with E-state index in [1.807, 2.05) is 0 Å². The van der Waals surface area contributed by atoms with Gasteiger partial charge in [-0.05, 0) is 61.8 Å². The molecule has 3 heteroatoms. The van der Waals surface area contributed by atoms with Crippen LogP contribution in [0.25, 0.3) is 0 Å². The second kappa shape index (κ2) is 6.47. The Morgan fingerprint density at radius 3 is 2.47 bits per heavy atom. The van der Waals surface area contributed by atoms with Gasteiger partial charge in [-0.15, -0.1) is 0 Å². The summed E-state index contributed by atoms with van der Waals surface area (Å²) in [5.74, 6) is 0.149. The first-order chi connectivity index (χ1) is 9.10. The van der Waals surface area contributed by atoms with Gasteiger partial charge in [-0.2, -0.15) is 0 Å². The first-order valence-corrected chi connectivity index (χ1v) is 7.28. The van der Waals surface area contributed by atoms with Crippen molar-refractivity contribution in [2.45, 2.75) is 45.6 Å². The van der Waals surface area contributed by atoms with Gasteiger partial charge in [0.05, 0.1) is 0 Å². The fourth-order valence-corrected chi connectivity index (χ4v) is 3.19. The molecule has 0 amide bonds. The summed E-state index contributed by atoms with van der Waals surface area (Å²) in [5, 5.41) is 3.57. The van der Waals surface area contributed by atoms with Crippen LogP contribution in [0, 0.1) is 23.5 Å². The fraction of sp³-hybridized carbons (Fsp3) is 0.625. The van der Waals surface area contributed by atoms with Crippen LogP contribution in [0.5, 0.6) is 0 Å². The lowest BCUT2D eigenvalue weighted by Crippen LogP contribution is -2.33. The minimum atomic E-state index is -0.471. The molecule has 1 aliphatic carbocycles. The highest BCUT2D eigenvalue weighted by atomic mass is 19.1. The average molecular weight is 267 g/mol. The van der Waals surface area contributed by atoms with Crippen molar-refractivity contribution in [2.24, 2.45) is 11.8 Å². The maximum atomic E-state index is 13.2. The van der Waals surface area contributed by atoms with Crippen molar-refractivity contribution in [1.29, 1.82) is 0 Å². The van der Waals surface area contributed by atoms with Crippen LogP contribution in [0.1, 0.15) is 38.7 Å². The van der Waals surface area contributed by atoms with Crippen LogP contribution in [-0.4, -0.2) is 12.6 Å². The van der Waals surface area contributed by atoms with Gasteiger partial charge in [0.15, 0.2) is 0 Å². The Labute approximate surface area is 114 Å². The van der Waals surface area contributed by atoms with Gasteiger partial charge in [0.1, 0.15) is 11.6 Å². The number of hydrogen-bond donors (Lipinski definition) is 1. The van der Waals surface area contributed by atoms with E-state index in [2.05, 4.69) is 19.2 Å². The number of benzene rings is 1. The van der Waals surface area contributed by atoms with Gasteiger partial charge >= 0.3 is 0 Å². The van der Waals surface area contributed by atoms with E-state index in [9.17, 15) is 8.78 Å². The lowest BCUT2D eigenvalue weighted by molar-refractivity contribution is 0.351. The van der Waals surface area contributed by atoms with Gasteiger partial charge in [0.25, 0.3) is 0 Å². The summed E-state index contributed by atoms with van der Waals surface area (Å²) in [6, 6.07) is 4.42. The van der Waals surface area contributed by atoms with E-state index in [1.54, 1.807) is 0 Å². The molecule has 19 heavy (non-hydrogen) atoms. The van der Waals surface area contributed by atoms with Crippen LogP contribution < -0.4 is 5.32 Å². The molecule has 1 nitrogen and oxygen atoms in total. The average Bonchev–Trinajstić information content (AvgIpc) is 2.67. The van der Waals surface area contributed by atoms with Crippen molar-refractivity contribution in [3.63, 3.8) is 0 Å². The maximum absolute atomic E-state index is 13.2. The predicted molar refractivity (Wildman–Crippen MR) is 74.0 cm³/mol. The van der Waals surface area contributed by atoms with Crippen molar-refractivity contribution >= 4 is 0 Å². The van der Waals surface area contributed by atoms with Gasteiger partial charge in [0.2, 0.25) is 0 Å². The van der Waals surface area contributed by atoms with Gasteiger partial charge in [-0.1, -0.05) is 13.8 Å². The van der Waals surface area contributed by atoms with E-state index in [0.717, 1.165) is 37.4 Å². The van der Waals surface area contributed by atoms with Crippen LogP contribution in [0.3, 0.4) is 0 Å². The van der Waals surface area contributed by atoms with Crippen LogP contribution >= 0.6 is 0 Å². The smallest absolute Gasteiger partial charge is 0.126 e. The Hall–Kier alpha value is -0.960. The summed E-state index contributed by atoms with van der Waals surface area (Å²) in [6.07, 6.45) is 4.23. The minimum Gasteiger partial charge on any atom is -0.314 e. The number of halogens is 2. The monoisotopic (exact) mass is 267 g/mol. The highest BCUT2D eigenvalue weighted by molar-refractivity contribution is 5.19. The van der Waals surface area contributed by atoms with Gasteiger partial charge < -0.3 is 5.32 Å². The van der Waals surface area contributed by atoms with Crippen molar-refractivity contribution < 1.29 is 8.78 Å². The Kier molecular flexibility index (Phi) is 4.92. The van der Waals surface area contributed by atoms with Crippen molar-refractivity contribution in [3.8, 4) is 0 Å². The van der Waals surface area contributed by atoms with E-state index < -0.39 is 11.6 Å². The Morgan fingerprint density at radius 1 is 1.16 bits per heavy atom. The molecule has 2 rings (SSSR count). The molecule has 0 saturated heterocycles. The first kappa shape index (κ1) is 14.4. The summed E-state index contributed by atoms with van der Waals surface area (Å²) in [6.45, 7) is 5.47. The van der Waals surface area contributed by atoms with Gasteiger partial charge in [-0.3, -0.25) is 0 Å². The third-order valence-corrected chi connectivity index (χ3v) is 4.30. The molecule has 0 heterocycles. The predicted octanol–water partition coefficient (Wildman–Crippen LogP) is 3.92. The molecule has 106 valence electrons. The molecule has 3 unspecified atom stereocenters. The first-order valence-electron chi connectivity index (χ1n) is 7.28. The third-order valence-electron chi connectivity index (χ3n) is 4.30. The summed E-state index contributed by atoms with van der Waals surface area (Å²) >= 11 is 0. The Balaban J connectivity index is 1.96. The summed E-state index contributed by atoms with van der Waals surface area (Å²) in [7, 11) is 0. The molecule has 1 aromatic rings. The molecular formula is C16H23F2N. The second-order valence-electron chi connectivity index (χ2n) is 5.74. The van der Waals surface area contributed by atoms with Crippen molar-refractivity contribution in [3.05, 3.63) is 35.4 Å². The quantitative estimate of drug-likeness (QED) is 0.852. The molecule has 1 saturated carbocycles. The normalized spacial score (nSPS) is 26.8. The molecule has 0 aliphatic heterocycles. The Bertz CT molecular complexity index is 399. The molecular weight excluding hydrogens is 244 g/mol. The summed E-state index contributed by atoms with van der Waals surface area (Å²) in [4.78, 5) is 0. The van der Waals surface area contributed by atoms with Crippen LogP contribution in [0.15, 0.2) is 18.2 Å². The van der Waals surface area contributed by atoms with E-state index in [1.165, 1.54) is 18.6 Å². The van der Waals surface area contributed by atoms with Crippen LogP contribution in [0.2, 0.25) is 0 Å². The van der Waals surface area contributed by atoms with E-state index in [4.69, 9.17) is 0 Å². The van der Waals surface area contributed by atoms with E-state index in [0.29, 0.717) is 17.9 Å². The molecule has 1 aromatic carbocycles. The zero-order valence-corrected chi connectivity index (χ0v) is 11.8. The van der Waals surface area contributed by atoms with E-state index >= 15 is 0 Å². The second-order valence-corrected chi connectivity index (χ2v) is 5.74. The number of rotatable bonds is 5. The number of hydrogen-bond acceptors (Lipinski definition) is 1. The highest BCUT2D eigenvalue weighted by Gasteiger charge is 2.32. The zero-order valence-electron chi connectivity index (χ0n) is 11.8. The van der Waals surface area contributed by atoms with Gasteiger partial charge in [0, 0.05) is 12.1 Å². The lowest BCUT2D eigenvalue weighted by atomic mass is 9.89. The molecule has 3 atom stereocenters. The minimum absolute atomic E-state index is 0.471. The Morgan fingerprint density at radius 2 is 1.84 bits per heavy atom. The molecule has 1 fully saturated rings.